The van der Waals surface area contributed by atoms with E-state index < -0.39 is 0 Å². The molecular weight excluding hydrogens is 248 g/mol. The van der Waals surface area contributed by atoms with Gasteiger partial charge in [-0.1, -0.05) is 43.7 Å². The van der Waals surface area contributed by atoms with E-state index in [0.717, 1.165) is 25.8 Å². The predicted molar refractivity (Wildman–Crippen MR) is 82.4 cm³/mol. The van der Waals surface area contributed by atoms with Crippen LogP contribution in [0, 0.1) is 5.41 Å². The number of nitrogens with one attached hydrogen (secondary N) is 1. The summed E-state index contributed by atoms with van der Waals surface area (Å²) in [6.45, 7) is 3.59. The van der Waals surface area contributed by atoms with Crippen molar-refractivity contribution in [1.29, 1.82) is 0 Å². The van der Waals surface area contributed by atoms with E-state index in [1.165, 1.54) is 12.0 Å². The van der Waals surface area contributed by atoms with E-state index >= 15 is 0 Å². The summed E-state index contributed by atoms with van der Waals surface area (Å²) >= 11 is 0. The molecule has 0 spiro atoms. The molecule has 110 valence electrons. The van der Waals surface area contributed by atoms with Gasteiger partial charge in [0.1, 0.15) is 0 Å². The van der Waals surface area contributed by atoms with Crippen LogP contribution in [0.5, 0.6) is 0 Å². The fraction of sp³-hybridized carbons (Fsp3) is 0.588. The van der Waals surface area contributed by atoms with E-state index in [0.29, 0.717) is 18.9 Å². The molecule has 3 nitrogen and oxygen atoms in total. The quantitative estimate of drug-likeness (QED) is 0.803. The first-order chi connectivity index (χ1) is 9.65. The highest BCUT2D eigenvalue weighted by molar-refractivity contribution is 5.76. The summed E-state index contributed by atoms with van der Waals surface area (Å²) in [4.78, 5) is 12.0. The molecule has 1 aliphatic rings. The fourth-order valence-corrected chi connectivity index (χ4v) is 2.91. The molecule has 0 bridgehead atoms. The van der Waals surface area contributed by atoms with Crippen LogP contribution in [0.1, 0.15) is 50.5 Å². The topological polar surface area (TPSA) is 55.1 Å². The highest BCUT2D eigenvalue weighted by Gasteiger charge is 2.37. The molecule has 1 aliphatic carbocycles. The number of nitrogens with two attached hydrogens (primary N) is 1. The largest absolute Gasteiger partial charge is 0.356 e. The molecule has 1 fully saturated rings. The number of carbonyl (C=O) groups is 1. The van der Waals surface area contributed by atoms with Gasteiger partial charge in [-0.3, -0.25) is 4.79 Å². The lowest BCUT2D eigenvalue weighted by atomic mass is 9.66. The van der Waals surface area contributed by atoms with Crippen molar-refractivity contribution in [3.05, 3.63) is 35.9 Å². The first kappa shape index (κ1) is 15.0. The number of benzene rings is 1. The van der Waals surface area contributed by atoms with E-state index in [4.69, 9.17) is 5.73 Å². The zero-order valence-corrected chi connectivity index (χ0v) is 12.4. The second-order valence-corrected chi connectivity index (χ2v) is 6.18. The van der Waals surface area contributed by atoms with Gasteiger partial charge in [-0.25, -0.2) is 0 Å². The van der Waals surface area contributed by atoms with Crippen LogP contribution in [0.4, 0.5) is 0 Å². The van der Waals surface area contributed by atoms with Crippen molar-refractivity contribution in [3.8, 4) is 0 Å². The SMILES string of the molecule is CC(CCNC(=O)CC1(CN)CCC1)c1ccccc1. The Bertz CT molecular complexity index is 420. The minimum absolute atomic E-state index is 0.106. The van der Waals surface area contributed by atoms with Crippen molar-refractivity contribution in [2.75, 3.05) is 13.1 Å². The number of rotatable bonds is 7. The first-order valence-electron chi connectivity index (χ1n) is 7.67. The minimum atomic E-state index is 0.106. The molecule has 3 heteroatoms. The standard InChI is InChI=1S/C17H26N2O/c1-14(15-6-3-2-4-7-15)8-11-19-16(20)12-17(13-18)9-5-10-17/h2-4,6-7,14H,5,8-13,18H2,1H3,(H,19,20). The Kier molecular flexibility index (Phi) is 5.18. The molecule has 1 saturated carbocycles. The summed E-state index contributed by atoms with van der Waals surface area (Å²) in [5.41, 5.74) is 7.23. The lowest BCUT2D eigenvalue weighted by molar-refractivity contribution is -0.124. The number of amides is 1. The van der Waals surface area contributed by atoms with Crippen molar-refractivity contribution in [3.63, 3.8) is 0 Å². The van der Waals surface area contributed by atoms with Crippen molar-refractivity contribution in [2.45, 2.75) is 44.9 Å². The van der Waals surface area contributed by atoms with E-state index in [-0.39, 0.29) is 11.3 Å². The Morgan fingerprint density at radius 2 is 2.05 bits per heavy atom. The van der Waals surface area contributed by atoms with Crippen molar-refractivity contribution in [1.82, 2.24) is 5.32 Å². The number of hydrogen-bond acceptors (Lipinski definition) is 2. The number of hydrogen-bond donors (Lipinski definition) is 2. The van der Waals surface area contributed by atoms with Crippen molar-refractivity contribution < 1.29 is 4.79 Å². The monoisotopic (exact) mass is 274 g/mol. The molecule has 1 amide bonds. The maximum Gasteiger partial charge on any atom is 0.220 e. The zero-order valence-electron chi connectivity index (χ0n) is 12.4. The summed E-state index contributed by atoms with van der Waals surface area (Å²) in [6.07, 6.45) is 5.01. The van der Waals surface area contributed by atoms with Crippen molar-refractivity contribution in [2.24, 2.45) is 11.1 Å². The fourth-order valence-electron chi connectivity index (χ4n) is 2.91. The Hall–Kier alpha value is -1.35. The molecular formula is C17H26N2O. The average molecular weight is 274 g/mol. The van der Waals surface area contributed by atoms with Gasteiger partial charge in [-0.15, -0.1) is 0 Å². The molecule has 3 N–H and O–H groups in total. The van der Waals surface area contributed by atoms with Gasteiger partial charge in [0.15, 0.2) is 0 Å². The molecule has 0 radical (unpaired) electrons. The summed E-state index contributed by atoms with van der Waals surface area (Å²) in [5.74, 6) is 0.638. The van der Waals surface area contributed by atoms with Crippen LogP contribution in [0.25, 0.3) is 0 Å². The van der Waals surface area contributed by atoms with Crippen molar-refractivity contribution >= 4 is 5.91 Å². The van der Waals surface area contributed by atoms with Gasteiger partial charge in [0.2, 0.25) is 5.91 Å². The van der Waals surface area contributed by atoms with Gasteiger partial charge >= 0.3 is 0 Å². The minimum Gasteiger partial charge on any atom is -0.356 e. The Labute approximate surface area is 121 Å². The third-order valence-electron chi connectivity index (χ3n) is 4.65. The third-order valence-corrected chi connectivity index (χ3v) is 4.65. The number of carbonyl (C=O) groups excluding carboxylic acids is 1. The predicted octanol–water partition coefficient (Wildman–Crippen LogP) is 2.82. The molecule has 1 atom stereocenters. The van der Waals surface area contributed by atoms with Gasteiger partial charge in [0.25, 0.3) is 0 Å². The molecule has 0 heterocycles. The Morgan fingerprint density at radius 3 is 2.60 bits per heavy atom. The van der Waals surface area contributed by atoms with E-state index in [9.17, 15) is 4.79 Å². The maximum absolute atomic E-state index is 12.0. The Balaban J connectivity index is 1.69. The normalized spacial score (nSPS) is 18.1. The van der Waals surface area contributed by atoms with Gasteiger partial charge in [-0.2, -0.15) is 0 Å². The van der Waals surface area contributed by atoms with Crippen LogP contribution in [0.3, 0.4) is 0 Å². The van der Waals surface area contributed by atoms with Crippen LogP contribution < -0.4 is 11.1 Å². The van der Waals surface area contributed by atoms with Gasteiger partial charge in [-0.05, 0) is 42.7 Å². The molecule has 1 unspecified atom stereocenters. The second-order valence-electron chi connectivity index (χ2n) is 6.18. The first-order valence-corrected chi connectivity index (χ1v) is 7.67. The van der Waals surface area contributed by atoms with E-state index in [1.54, 1.807) is 0 Å². The molecule has 1 aromatic rings. The zero-order chi connectivity index (χ0) is 14.4. The molecule has 0 saturated heterocycles. The summed E-state index contributed by atoms with van der Waals surface area (Å²) in [7, 11) is 0. The molecule has 1 aromatic carbocycles. The van der Waals surface area contributed by atoms with E-state index in [1.807, 2.05) is 6.07 Å². The average Bonchev–Trinajstić information content (AvgIpc) is 2.43. The molecule has 2 rings (SSSR count). The van der Waals surface area contributed by atoms with Crippen LogP contribution in [0.2, 0.25) is 0 Å². The van der Waals surface area contributed by atoms with Gasteiger partial charge in [0, 0.05) is 13.0 Å². The summed E-state index contributed by atoms with van der Waals surface area (Å²) in [5, 5.41) is 3.05. The lowest BCUT2D eigenvalue weighted by Crippen LogP contribution is -2.42. The van der Waals surface area contributed by atoms with E-state index in [2.05, 4.69) is 36.5 Å². The van der Waals surface area contributed by atoms with Gasteiger partial charge in [0.05, 0.1) is 0 Å². The summed E-state index contributed by atoms with van der Waals surface area (Å²) < 4.78 is 0. The third kappa shape index (κ3) is 3.83. The molecule has 0 aromatic heterocycles. The lowest BCUT2D eigenvalue weighted by Gasteiger charge is -2.40. The van der Waals surface area contributed by atoms with Crippen LogP contribution in [-0.4, -0.2) is 19.0 Å². The highest BCUT2D eigenvalue weighted by Crippen LogP contribution is 2.42. The maximum atomic E-state index is 12.0. The second kappa shape index (κ2) is 6.89. The van der Waals surface area contributed by atoms with Crippen LogP contribution in [-0.2, 0) is 4.79 Å². The molecule has 20 heavy (non-hydrogen) atoms. The smallest absolute Gasteiger partial charge is 0.220 e. The molecule has 0 aliphatic heterocycles. The van der Waals surface area contributed by atoms with Crippen LogP contribution >= 0.6 is 0 Å². The summed E-state index contributed by atoms with van der Waals surface area (Å²) in [6, 6.07) is 10.4. The highest BCUT2D eigenvalue weighted by atomic mass is 16.1. The van der Waals surface area contributed by atoms with Crippen LogP contribution in [0.15, 0.2) is 30.3 Å². The van der Waals surface area contributed by atoms with Gasteiger partial charge < -0.3 is 11.1 Å². The Morgan fingerprint density at radius 1 is 1.35 bits per heavy atom.